The molecular weight excluding hydrogens is 494 g/mol. The van der Waals surface area contributed by atoms with Crippen molar-refractivity contribution in [2.24, 2.45) is 0 Å². The van der Waals surface area contributed by atoms with E-state index >= 15 is 0 Å². The van der Waals surface area contributed by atoms with Crippen molar-refractivity contribution in [3.63, 3.8) is 0 Å². The molecule has 1 N–H and O–H groups in total. The molecule has 1 fully saturated rings. The van der Waals surface area contributed by atoms with Crippen LogP contribution in [0.15, 0.2) is 52.5 Å². The lowest BCUT2D eigenvalue weighted by Gasteiger charge is -2.22. The monoisotopic (exact) mass is 511 g/mol. The second kappa shape index (κ2) is 7.83. The summed E-state index contributed by atoms with van der Waals surface area (Å²) in [4.78, 5) is 27.6. The number of halogens is 1. The summed E-state index contributed by atoms with van der Waals surface area (Å²) in [5, 5.41) is 20.3. The number of hydrogen-bond acceptors (Lipinski definition) is 7. The van der Waals surface area contributed by atoms with Crippen molar-refractivity contribution in [2.75, 3.05) is 4.90 Å². The lowest BCUT2D eigenvalue weighted by Crippen LogP contribution is -2.29. The number of ketones is 1. The predicted octanol–water partition coefficient (Wildman–Crippen LogP) is 4.56. The average molecular weight is 512 g/mol. The van der Waals surface area contributed by atoms with Gasteiger partial charge in [0.25, 0.3) is 5.78 Å². The van der Waals surface area contributed by atoms with Crippen molar-refractivity contribution in [1.82, 2.24) is 10.2 Å². The second-order valence-corrected chi connectivity index (χ2v) is 9.86. The van der Waals surface area contributed by atoms with Crippen molar-refractivity contribution < 1.29 is 19.4 Å². The van der Waals surface area contributed by atoms with Gasteiger partial charge in [-0.1, -0.05) is 39.4 Å². The molecule has 0 bridgehead atoms. The molecule has 2 aliphatic rings. The molecule has 5 rings (SSSR count). The number of aliphatic hydroxyl groups excluding tert-OH is 1. The molecule has 1 saturated heterocycles. The SMILES string of the molecule is Cc1nnc(N2C(=O)C(=O)C(=C(O)c3ccc4c(c3)C[C@@H](C)O4)[C@@H]2c2cccc(Br)c2)s1. The second-order valence-electron chi connectivity index (χ2n) is 7.78. The molecule has 0 aliphatic carbocycles. The Bertz CT molecular complexity index is 1300. The van der Waals surface area contributed by atoms with Gasteiger partial charge in [0.2, 0.25) is 5.13 Å². The number of nitrogens with zero attached hydrogens (tertiary/aromatic N) is 3. The Hall–Kier alpha value is -3.04. The highest BCUT2D eigenvalue weighted by molar-refractivity contribution is 9.10. The van der Waals surface area contributed by atoms with Crippen molar-refractivity contribution in [1.29, 1.82) is 0 Å². The van der Waals surface area contributed by atoms with E-state index in [1.54, 1.807) is 19.1 Å². The number of Topliss-reactive ketones (excluding diaryl/α,β-unsaturated/α-hetero) is 1. The van der Waals surface area contributed by atoms with Crippen LogP contribution in [0.5, 0.6) is 5.75 Å². The standard InChI is InChI=1S/C23H18BrN3O4S/c1-11-8-15-9-14(6-7-17(15)31-11)20(28)18-19(13-4-3-5-16(24)10-13)27(22(30)21(18)29)23-26-25-12(2)32-23/h3-7,9-11,19,28H,8H2,1-2H3/t11-,19+/m1/s1. The molecule has 0 saturated carbocycles. The molecule has 3 heterocycles. The number of aliphatic hydroxyl groups is 1. The molecule has 2 aromatic carbocycles. The Labute approximate surface area is 196 Å². The van der Waals surface area contributed by atoms with Gasteiger partial charge >= 0.3 is 5.91 Å². The highest BCUT2D eigenvalue weighted by Gasteiger charge is 2.48. The number of hydrogen-bond donors (Lipinski definition) is 1. The summed E-state index contributed by atoms with van der Waals surface area (Å²) >= 11 is 4.67. The maximum absolute atomic E-state index is 13.2. The van der Waals surface area contributed by atoms with Gasteiger partial charge in [-0.05, 0) is 55.3 Å². The molecule has 9 heteroatoms. The van der Waals surface area contributed by atoms with E-state index in [1.807, 2.05) is 37.3 Å². The van der Waals surface area contributed by atoms with Crippen molar-refractivity contribution in [3.05, 3.63) is 74.2 Å². The topological polar surface area (TPSA) is 92.6 Å². The normalized spacial score (nSPS) is 21.7. The fourth-order valence-electron chi connectivity index (χ4n) is 4.13. The number of aryl methyl sites for hydroxylation is 1. The van der Waals surface area contributed by atoms with Gasteiger partial charge in [0, 0.05) is 16.5 Å². The Balaban J connectivity index is 1.69. The minimum absolute atomic E-state index is 0.0212. The number of aromatic nitrogens is 2. The van der Waals surface area contributed by atoms with Crippen molar-refractivity contribution in [2.45, 2.75) is 32.4 Å². The first-order valence-corrected chi connectivity index (χ1v) is 11.6. The van der Waals surface area contributed by atoms with E-state index in [-0.39, 0.29) is 17.4 Å². The molecule has 162 valence electrons. The third-order valence-corrected chi connectivity index (χ3v) is 6.83. The van der Waals surface area contributed by atoms with Gasteiger partial charge in [0.05, 0.1) is 11.6 Å². The first-order chi connectivity index (χ1) is 15.3. The number of benzene rings is 2. The van der Waals surface area contributed by atoms with Gasteiger partial charge in [-0.2, -0.15) is 0 Å². The van der Waals surface area contributed by atoms with Crippen LogP contribution < -0.4 is 9.64 Å². The summed E-state index contributed by atoms with van der Waals surface area (Å²) in [7, 11) is 0. The zero-order valence-corrected chi connectivity index (χ0v) is 19.6. The summed E-state index contributed by atoms with van der Waals surface area (Å²) in [5.41, 5.74) is 2.11. The molecule has 1 amide bonds. The molecule has 32 heavy (non-hydrogen) atoms. The Kier molecular flexibility index (Phi) is 5.10. The maximum Gasteiger partial charge on any atom is 0.301 e. The first kappa shape index (κ1) is 20.8. The highest BCUT2D eigenvalue weighted by Crippen LogP contribution is 2.44. The predicted molar refractivity (Wildman–Crippen MR) is 124 cm³/mol. The number of fused-ring (bicyclic) bond motifs is 1. The lowest BCUT2D eigenvalue weighted by atomic mass is 9.94. The van der Waals surface area contributed by atoms with E-state index in [0.29, 0.717) is 27.7 Å². The molecule has 0 radical (unpaired) electrons. The number of rotatable bonds is 3. The maximum atomic E-state index is 13.2. The number of anilines is 1. The molecule has 0 spiro atoms. The number of carbonyl (C=O) groups is 2. The molecule has 2 aliphatic heterocycles. The van der Waals surface area contributed by atoms with Crippen LogP contribution >= 0.6 is 27.3 Å². The van der Waals surface area contributed by atoms with Crippen LogP contribution in [0.1, 0.15) is 34.7 Å². The van der Waals surface area contributed by atoms with E-state index in [9.17, 15) is 14.7 Å². The van der Waals surface area contributed by atoms with Crippen LogP contribution in [-0.2, 0) is 16.0 Å². The van der Waals surface area contributed by atoms with E-state index < -0.39 is 17.7 Å². The molecule has 0 unspecified atom stereocenters. The smallest absolute Gasteiger partial charge is 0.301 e. The molecular formula is C23H18BrN3O4S. The van der Waals surface area contributed by atoms with Gasteiger partial charge in [0.15, 0.2) is 0 Å². The minimum Gasteiger partial charge on any atom is -0.507 e. The third-order valence-electron chi connectivity index (χ3n) is 5.50. The van der Waals surface area contributed by atoms with E-state index in [0.717, 1.165) is 15.8 Å². The van der Waals surface area contributed by atoms with Crippen LogP contribution in [-0.4, -0.2) is 33.1 Å². The summed E-state index contributed by atoms with van der Waals surface area (Å²) in [6, 6.07) is 11.8. The summed E-state index contributed by atoms with van der Waals surface area (Å²) < 4.78 is 6.53. The highest BCUT2D eigenvalue weighted by atomic mass is 79.9. The fourth-order valence-corrected chi connectivity index (χ4v) is 5.26. The number of ether oxygens (including phenoxy) is 1. The zero-order chi connectivity index (χ0) is 22.6. The van der Waals surface area contributed by atoms with E-state index in [2.05, 4.69) is 26.1 Å². The van der Waals surface area contributed by atoms with Gasteiger partial charge in [-0.3, -0.25) is 14.5 Å². The Morgan fingerprint density at radius 1 is 1.22 bits per heavy atom. The minimum atomic E-state index is -0.830. The lowest BCUT2D eigenvalue weighted by molar-refractivity contribution is -0.132. The van der Waals surface area contributed by atoms with Crippen LogP contribution in [0.4, 0.5) is 5.13 Å². The largest absolute Gasteiger partial charge is 0.507 e. The number of carbonyl (C=O) groups excluding carboxylic acids is 2. The van der Waals surface area contributed by atoms with E-state index in [4.69, 9.17) is 4.74 Å². The van der Waals surface area contributed by atoms with Crippen LogP contribution in [0.2, 0.25) is 0 Å². The van der Waals surface area contributed by atoms with Crippen LogP contribution in [0.3, 0.4) is 0 Å². The zero-order valence-electron chi connectivity index (χ0n) is 17.2. The molecule has 3 aromatic rings. The summed E-state index contributed by atoms with van der Waals surface area (Å²) in [5.74, 6) is -0.960. The Morgan fingerprint density at radius 3 is 2.75 bits per heavy atom. The molecule has 2 atom stereocenters. The van der Waals surface area contributed by atoms with Gasteiger partial charge < -0.3 is 9.84 Å². The number of amides is 1. The summed E-state index contributed by atoms with van der Waals surface area (Å²) in [6.07, 6.45) is 0.763. The van der Waals surface area contributed by atoms with Crippen molar-refractivity contribution >= 4 is 49.8 Å². The molecule has 7 nitrogen and oxygen atoms in total. The average Bonchev–Trinajstić information content (AvgIpc) is 3.42. The molecule has 1 aromatic heterocycles. The van der Waals surface area contributed by atoms with Crippen molar-refractivity contribution in [3.8, 4) is 5.75 Å². The van der Waals surface area contributed by atoms with E-state index in [1.165, 1.54) is 16.2 Å². The van der Waals surface area contributed by atoms with Gasteiger partial charge in [-0.15, -0.1) is 10.2 Å². The quantitative estimate of drug-likeness (QED) is 0.314. The fraction of sp³-hybridized carbons (Fsp3) is 0.217. The van der Waals surface area contributed by atoms with Gasteiger partial charge in [0.1, 0.15) is 22.6 Å². The third kappa shape index (κ3) is 3.41. The first-order valence-electron chi connectivity index (χ1n) is 10.00. The summed E-state index contributed by atoms with van der Waals surface area (Å²) in [6.45, 7) is 3.75. The van der Waals surface area contributed by atoms with Gasteiger partial charge in [-0.25, -0.2) is 0 Å². The van der Waals surface area contributed by atoms with Crippen LogP contribution in [0.25, 0.3) is 5.76 Å². The Morgan fingerprint density at radius 2 is 2.03 bits per heavy atom. The van der Waals surface area contributed by atoms with Crippen LogP contribution in [0, 0.1) is 6.92 Å².